The molecule has 0 aliphatic heterocycles. The number of aryl methyl sites for hydroxylation is 1. The van der Waals surface area contributed by atoms with Crippen LogP contribution in [0.3, 0.4) is 0 Å². The summed E-state index contributed by atoms with van der Waals surface area (Å²) in [4.78, 5) is 11.1. The molecule has 0 radical (unpaired) electrons. The zero-order chi connectivity index (χ0) is 12.0. The van der Waals surface area contributed by atoms with E-state index >= 15 is 0 Å². The van der Waals surface area contributed by atoms with Crippen LogP contribution in [-0.4, -0.2) is 12.8 Å². The molecule has 0 aliphatic carbocycles. The van der Waals surface area contributed by atoms with Crippen molar-refractivity contribution in [1.29, 1.82) is 5.26 Å². The van der Waals surface area contributed by atoms with Crippen molar-refractivity contribution in [2.45, 2.75) is 20.0 Å². The molecule has 1 rings (SSSR count). The zero-order valence-electron chi connectivity index (χ0n) is 9.27. The topological polar surface area (TPSA) is 59.3 Å². The molecule has 1 aromatic carbocycles. The van der Waals surface area contributed by atoms with Gasteiger partial charge in [0, 0.05) is 5.56 Å². The molecular formula is C12H13NO3. The van der Waals surface area contributed by atoms with E-state index < -0.39 is 12.3 Å². The lowest BCUT2D eigenvalue weighted by atomic mass is 10.0. The third-order valence-corrected chi connectivity index (χ3v) is 2.06. The van der Waals surface area contributed by atoms with Gasteiger partial charge in [0.15, 0.2) is 0 Å². The van der Waals surface area contributed by atoms with Crippen LogP contribution >= 0.6 is 0 Å². The van der Waals surface area contributed by atoms with Gasteiger partial charge in [0.05, 0.1) is 6.61 Å². The number of rotatable bonds is 3. The fourth-order valence-electron chi connectivity index (χ4n) is 1.29. The lowest BCUT2D eigenvalue weighted by molar-refractivity contribution is 0.0420. The van der Waals surface area contributed by atoms with Crippen molar-refractivity contribution in [3.05, 3.63) is 35.4 Å². The van der Waals surface area contributed by atoms with E-state index in [2.05, 4.69) is 4.74 Å². The first kappa shape index (κ1) is 12.1. The van der Waals surface area contributed by atoms with Crippen LogP contribution in [-0.2, 0) is 9.47 Å². The van der Waals surface area contributed by atoms with Crippen molar-refractivity contribution >= 4 is 6.16 Å². The predicted octanol–water partition coefficient (Wildman–Crippen LogP) is 2.73. The molecule has 0 spiro atoms. The molecule has 0 N–H and O–H groups in total. The zero-order valence-corrected chi connectivity index (χ0v) is 9.27. The van der Waals surface area contributed by atoms with Gasteiger partial charge in [0.1, 0.15) is 6.07 Å². The lowest BCUT2D eigenvalue weighted by Gasteiger charge is -2.12. The average Bonchev–Trinajstić information content (AvgIpc) is 2.27. The molecule has 0 saturated heterocycles. The molecule has 0 unspecified atom stereocenters. The Labute approximate surface area is 94.4 Å². The van der Waals surface area contributed by atoms with Gasteiger partial charge in [-0.1, -0.05) is 24.3 Å². The molecule has 0 bridgehead atoms. The number of nitrogens with zero attached hydrogens (tertiary/aromatic N) is 1. The van der Waals surface area contributed by atoms with Gasteiger partial charge < -0.3 is 9.47 Å². The van der Waals surface area contributed by atoms with Gasteiger partial charge in [-0.05, 0) is 19.4 Å². The maximum atomic E-state index is 11.1. The minimum absolute atomic E-state index is 0.227. The highest BCUT2D eigenvalue weighted by molar-refractivity contribution is 5.60. The van der Waals surface area contributed by atoms with Crippen LogP contribution in [0.5, 0.6) is 0 Å². The molecule has 1 atom stereocenters. The van der Waals surface area contributed by atoms with E-state index in [-0.39, 0.29) is 6.61 Å². The van der Waals surface area contributed by atoms with Crippen LogP contribution in [0.25, 0.3) is 0 Å². The SMILES string of the molecule is CCOC(=O)O[C@H](C#N)c1ccccc1C. The van der Waals surface area contributed by atoms with Gasteiger partial charge in [0.25, 0.3) is 0 Å². The first-order chi connectivity index (χ1) is 7.69. The van der Waals surface area contributed by atoms with E-state index in [1.165, 1.54) is 0 Å². The van der Waals surface area contributed by atoms with Crippen LogP contribution in [0, 0.1) is 18.3 Å². The summed E-state index contributed by atoms with van der Waals surface area (Å²) >= 11 is 0. The highest BCUT2D eigenvalue weighted by atomic mass is 16.7. The normalized spacial score (nSPS) is 11.3. The third kappa shape index (κ3) is 2.99. The Hall–Kier alpha value is -2.02. The second-order valence-electron chi connectivity index (χ2n) is 3.17. The van der Waals surface area contributed by atoms with Gasteiger partial charge in [-0.15, -0.1) is 0 Å². The van der Waals surface area contributed by atoms with Gasteiger partial charge in [-0.25, -0.2) is 4.79 Å². The maximum absolute atomic E-state index is 11.1. The van der Waals surface area contributed by atoms with E-state index in [4.69, 9.17) is 10.00 Å². The molecule has 1 aromatic rings. The number of carbonyl (C=O) groups is 1. The number of hydrogen-bond acceptors (Lipinski definition) is 4. The predicted molar refractivity (Wildman–Crippen MR) is 57.6 cm³/mol. The van der Waals surface area contributed by atoms with Crippen molar-refractivity contribution in [2.75, 3.05) is 6.61 Å². The molecule has 0 aromatic heterocycles. The molecule has 16 heavy (non-hydrogen) atoms. The van der Waals surface area contributed by atoms with Gasteiger partial charge in [0.2, 0.25) is 6.10 Å². The van der Waals surface area contributed by atoms with Gasteiger partial charge >= 0.3 is 6.16 Å². The second-order valence-corrected chi connectivity index (χ2v) is 3.17. The number of ether oxygens (including phenoxy) is 2. The highest BCUT2D eigenvalue weighted by Crippen LogP contribution is 2.20. The van der Waals surface area contributed by atoms with Crippen molar-refractivity contribution in [3.63, 3.8) is 0 Å². The monoisotopic (exact) mass is 219 g/mol. The van der Waals surface area contributed by atoms with Crippen LogP contribution in [0.1, 0.15) is 24.2 Å². The van der Waals surface area contributed by atoms with Crippen LogP contribution in [0.4, 0.5) is 4.79 Å². The summed E-state index contributed by atoms with van der Waals surface area (Å²) in [6, 6.07) is 9.18. The maximum Gasteiger partial charge on any atom is 0.509 e. The number of carbonyl (C=O) groups excluding carboxylic acids is 1. The summed E-state index contributed by atoms with van der Waals surface area (Å²) in [5.41, 5.74) is 1.58. The van der Waals surface area contributed by atoms with Crippen molar-refractivity contribution in [3.8, 4) is 6.07 Å². The first-order valence-electron chi connectivity index (χ1n) is 4.97. The molecule has 0 saturated carbocycles. The fraction of sp³-hybridized carbons (Fsp3) is 0.333. The number of benzene rings is 1. The smallest absolute Gasteiger partial charge is 0.435 e. The minimum Gasteiger partial charge on any atom is -0.435 e. The third-order valence-electron chi connectivity index (χ3n) is 2.06. The molecule has 4 nitrogen and oxygen atoms in total. The Morgan fingerprint density at radius 2 is 2.19 bits per heavy atom. The molecule has 0 amide bonds. The summed E-state index contributed by atoms with van der Waals surface area (Å²) in [6.07, 6.45) is -1.74. The summed E-state index contributed by atoms with van der Waals surface area (Å²) < 4.78 is 9.51. The Morgan fingerprint density at radius 1 is 1.50 bits per heavy atom. The van der Waals surface area contributed by atoms with Crippen molar-refractivity contribution in [2.24, 2.45) is 0 Å². The Kier molecular flexibility index (Phi) is 4.34. The summed E-state index contributed by atoms with van der Waals surface area (Å²) in [5, 5.41) is 8.94. The van der Waals surface area contributed by atoms with Crippen LogP contribution in [0.2, 0.25) is 0 Å². The Morgan fingerprint density at radius 3 is 2.75 bits per heavy atom. The number of hydrogen-bond donors (Lipinski definition) is 0. The highest BCUT2D eigenvalue weighted by Gasteiger charge is 2.18. The van der Waals surface area contributed by atoms with Crippen molar-refractivity contribution in [1.82, 2.24) is 0 Å². The molecule has 4 heteroatoms. The standard InChI is InChI=1S/C12H13NO3/c1-3-15-12(14)16-11(8-13)10-7-5-4-6-9(10)2/h4-7,11H,3H2,1-2H3/t11-/m1/s1. The van der Waals surface area contributed by atoms with Gasteiger partial charge in [-0.3, -0.25) is 0 Å². The molecular weight excluding hydrogens is 206 g/mol. The van der Waals surface area contributed by atoms with Crippen LogP contribution < -0.4 is 0 Å². The van der Waals surface area contributed by atoms with Gasteiger partial charge in [-0.2, -0.15) is 5.26 Å². The largest absolute Gasteiger partial charge is 0.509 e. The van der Waals surface area contributed by atoms with E-state index in [1.807, 2.05) is 25.1 Å². The number of nitriles is 1. The lowest BCUT2D eigenvalue weighted by Crippen LogP contribution is -2.12. The first-order valence-corrected chi connectivity index (χ1v) is 4.97. The summed E-state index contributed by atoms with van der Waals surface area (Å²) in [7, 11) is 0. The molecule has 0 heterocycles. The summed E-state index contributed by atoms with van der Waals surface area (Å²) in [5.74, 6) is 0. The average molecular weight is 219 g/mol. The summed E-state index contributed by atoms with van der Waals surface area (Å²) in [6.45, 7) is 3.76. The fourth-order valence-corrected chi connectivity index (χ4v) is 1.29. The van der Waals surface area contributed by atoms with E-state index in [0.29, 0.717) is 5.56 Å². The Bertz CT molecular complexity index is 409. The molecule has 84 valence electrons. The second kappa shape index (κ2) is 5.76. The quantitative estimate of drug-likeness (QED) is 0.733. The molecule has 0 fully saturated rings. The minimum atomic E-state index is -0.916. The Balaban J connectivity index is 2.80. The van der Waals surface area contributed by atoms with Crippen molar-refractivity contribution < 1.29 is 14.3 Å². The van der Waals surface area contributed by atoms with Crippen LogP contribution in [0.15, 0.2) is 24.3 Å². The van der Waals surface area contributed by atoms with E-state index in [0.717, 1.165) is 5.56 Å². The molecule has 0 aliphatic rings. The van der Waals surface area contributed by atoms with E-state index in [9.17, 15) is 4.79 Å². The van der Waals surface area contributed by atoms with E-state index in [1.54, 1.807) is 19.1 Å².